The Balaban J connectivity index is 2.85. The first-order chi connectivity index (χ1) is 14.1. The van der Waals surface area contributed by atoms with Gasteiger partial charge in [0.15, 0.2) is 12.6 Å². The number of halogens is 3. The molecule has 1 aromatic carbocycles. The first-order valence-corrected chi connectivity index (χ1v) is 9.71. The van der Waals surface area contributed by atoms with E-state index in [-0.39, 0.29) is 24.7 Å². The zero-order valence-corrected chi connectivity index (χ0v) is 17.9. The van der Waals surface area contributed by atoms with Gasteiger partial charge in [-0.3, -0.25) is 4.79 Å². The molecule has 7 nitrogen and oxygen atoms in total. The summed E-state index contributed by atoms with van der Waals surface area (Å²) in [5, 5.41) is 6.03. The molecule has 0 atom stereocenters. The van der Waals surface area contributed by atoms with Crippen molar-refractivity contribution in [3.05, 3.63) is 29.3 Å². The van der Waals surface area contributed by atoms with Gasteiger partial charge < -0.3 is 25.0 Å². The maximum atomic E-state index is 12.5. The van der Waals surface area contributed by atoms with Gasteiger partial charge in [-0.15, -0.1) is 0 Å². The number of alkyl halides is 3. The number of hydrogen-bond donors (Lipinski definition) is 2. The van der Waals surface area contributed by atoms with Crippen LogP contribution >= 0.6 is 0 Å². The van der Waals surface area contributed by atoms with Gasteiger partial charge in [0.25, 0.3) is 0 Å². The summed E-state index contributed by atoms with van der Waals surface area (Å²) in [7, 11) is 3.29. The second-order valence-electron chi connectivity index (χ2n) is 6.80. The molecular weight excluding hydrogens is 401 g/mol. The van der Waals surface area contributed by atoms with Crippen LogP contribution in [0.5, 0.6) is 5.75 Å². The van der Waals surface area contributed by atoms with Crippen LogP contribution in [0, 0.1) is 6.92 Å². The Morgan fingerprint density at radius 2 is 1.97 bits per heavy atom. The molecule has 2 N–H and O–H groups in total. The summed E-state index contributed by atoms with van der Waals surface area (Å²) in [6, 6.07) is 5.01. The van der Waals surface area contributed by atoms with E-state index in [9.17, 15) is 18.0 Å². The van der Waals surface area contributed by atoms with Crippen molar-refractivity contribution in [1.82, 2.24) is 15.5 Å². The van der Waals surface area contributed by atoms with E-state index in [0.717, 1.165) is 12.0 Å². The molecule has 0 bridgehead atoms. The number of amides is 1. The summed E-state index contributed by atoms with van der Waals surface area (Å²) in [5.74, 6) is 0.378. The SMILES string of the molecule is CCOCCCNC(=NCc1ccc(C)cc1OCC(F)(F)F)NCC(=O)N(C)C. The van der Waals surface area contributed by atoms with Gasteiger partial charge in [0.05, 0.1) is 13.1 Å². The van der Waals surface area contributed by atoms with Crippen molar-refractivity contribution in [3.63, 3.8) is 0 Å². The Bertz CT molecular complexity index is 694. The summed E-state index contributed by atoms with van der Waals surface area (Å²) in [6.45, 7) is 4.21. The van der Waals surface area contributed by atoms with Crippen molar-refractivity contribution >= 4 is 11.9 Å². The highest BCUT2D eigenvalue weighted by molar-refractivity contribution is 5.86. The molecule has 0 aromatic heterocycles. The molecule has 170 valence electrons. The van der Waals surface area contributed by atoms with Crippen LogP contribution in [0.25, 0.3) is 0 Å². The fourth-order valence-electron chi connectivity index (χ4n) is 2.27. The number of rotatable bonds is 11. The minimum absolute atomic E-state index is 0.0373. The lowest BCUT2D eigenvalue weighted by atomic mass is 10.1. The van der Waals surface area contributed by atoms with Gasteiger partial charge >= 0.3 is 6.18 Å². The maximum Gasteiger partial charge on any atom is 0.422 e. The molecule has 1 amide bonds. The molecule has 0 saturated carbocycles. The standard InChI is InChI=1S/C20H31F3N4O3/c1-5-29-10-6-9-24-19(26-13-18(28)27(3)4)25-12-16-8-7-15(2)11-17(16)30-14-20(21,22)23/h7-8,11H,5-6,9-10,12-14H2,1-4H3,(H2,24,25,26). The van der Waals surface area contributed by atoms with Crippen LogP contribution in [0.2, 0.25) is 0 Å². The number of carbonyl (C=O) groups is 1. The number of aliphatic imine (C=N–C) groups is 1. The molecule has 1 rings (SSSR count). The number of ether oxygens (including phenoxy) is 2. The Labute approximate surface area is 175 Å². The molecular formula is C20H31F3N4O3. The summed E-state index contributed by atoms with van der Waals surface area (Å²) in [5.41, 5.74) is 1.29. The van der Waals surface area contributed by atoms with Crippen LogP contribution in [0.15, 0.2) is 23.2 Å². The van der Waals surface area contributed by atoms with Crippen molar-refractivity contribution < 1.29 is 27.4 Å². The van der Waals surface area contributed by atoms with Crippen molar-refractivity contribution in [3.8, 4) is 5.75 Å². The molecule has 0 saturated heterocycles. The predicted octanol–water partition coefficient (Wildman–Crippen LogP) is 2.49. The van der Waals surface area contributed by atoms with E-state index in [4.69, 9.17) is 9.47 Å². The molecule has 0 aliphatic rings. The molecule has 0 aliphatic heterocycles. The number of benzene rings is 1. The van der Waals surface area contributed by atoms with E-state index < -0.39 is 12.8 Å². The lowest BCUT2D eigenvalue weighted by molar-refractivity contribution is -0.153. The van der Waals surface area contributed by atoms with E-state index in [1.54, 1.807) is 39.2 Å². The van der Waals surface area contributed by atoms with Gasteiger partial charge in [0.1, 0.15) is 5.75 Å². The van der Waals surface area contributed by atoms with Gasteiger partial charge in [-0.05, 0) is 31.9 Å². The van der Waals surface area contributed by atoms with Crippen LogP contribution in [0.1, 0.15) is 24.5 Å². The van der Waals surface area contributed by atoms with E-state index in [0.29, 0.717) is 31.3 Å². The summed E-state index contributed by atoms with van der Waals surface area (Å²) in [6.07, 6.45) is -3.69. The molecule has 0 aliphatic carbocycles. The number of aryl methyl sites for hydroxylation is 1. The molecule has 10 heteroatoms. The monoisotopic (exact) mass is 432 g/mol. The van der Waals surface area contributed by atoms with Crippen molar-refractivity contribution in [2.45, 2.75) is 33.0 Å². The average molecular weight is 432 g/mol. The van der Waals surface area contributed by atoms with E-state index in [2.05, 4.69) is 15.6 Å². The fourth-order valence-corrected chi connectivity index (χ4v) is 2.27. The van der Waals surface area contributed by atoms with Gasteiger partial charge in [0.2, 0.25) is 5.91 Å². The first-order valence-electron chi connectivity index (χ1n) is 9.71. The highest BCUT2D eigenvalue weighted by Crippen LogP contribution is 2.24. The smallest absolute Gasteiger partial charge is 0.422 e. The summed E-state index contributed by atoms with van der Waals surface area (Å²) < 4.78 is 47.9. The second-order valence-corrected chi connectivity index (χ2v) is 6.80. The molecule has 1 aromatic rings. The molecule has 0 fully saturated rings. The van der Waals surface area contributed by atoms with E-state index in [1.165, 1.54) is 4.90 Å². The first kappa shape index (κ1) is 25.5. The second kappa shape index (κ2) is 12.9. The highest BCUT2D eigenvalue weighted by atomic mass is 19.4. The van der Waals surface area contributed by atoms with Crippen molar-refractivity contribution in [2.24, 2.45) is 4.99 Å². The Morgan fingerprint density at radius 3 is 2.60 bits per heavy atom. The molecule has 0 heterocycles. The van der Waals surface area contributed by atoms with Crippen LogP contribution < -0.4 is 15.4 Å². The quantitative estimate of drug-likeness (QED) is 0.319. The third-order valence-corrected chi connectivity index (χ3v) is 3.89. The summed E-state index contributed by atoms with van der Waals surface area (Å²) >= 11 is 0. The maximum absolute atomic E-state index is 12.5. The minimum atomic E-state index is -4.42. The molecule has 30 heavy (non-hydrogen) atoms. The normalized spacial score (nSPS) is 11.9. The van der Waals surface area contributed by atoms with Crippen molar-refractivity contribution in [1.29, 1.82) is 0 Å². The van der Waals surface area contributed by atoms with Gasteiger partial charge in [-0.1, -0.05) is 12.1 Å². The number of hydrogen-bond acceptors (Lipinski definition) is 4. The third kappa shape index (κ3) is 10.9. The number of likely N-dealkylation sites (N-methyl/N-ethyl adjacent to an activating group) is 1. The molecule has 0 radical (unpaired) electrons. The van der Waals surface area contributed by atoms with Crippen LogP contribution in [0.4, 0.5) is 13.2 Å². The largest absolute Gasteiger partial charge is 0.484 e. The summed E-state index contributed by atoms with van der Waals surface area (Å²) in [4.78, 5) is 17.7. The zero-order chi connectivity index (χ0) is 22.6. The zero-order valence-electron chi connectivity index (χ0n) is 17.9. The number of carbonyl (C=O) groups excluding carboxylic acids is 1. The average Bonchev–Trinajstić information content (AvgIpc) is 2.67. The van der Waals surface area contributed by atoms with Gasteiger partial charge in [-0.2, -0.15) is 13.2 Å². The number of guanidine groups is 1. The Hall–Kier alpha value is -2.49. The van der Waals surface area contributed by atoms with Gasteiger partial charge in [-0.25, -0.2) is 4.99 Å². The lowest BCUT2D eigenvalue weighted by Crippen LogP contribution is -2.43. The lowest BCUT2D eigenvalue weighted by Gasteiger charge is -2.16. The van der Waals surface area contributed by atoms with Crippen molar-refractivity contribution in [2.75, 3.05) is 47.0 Å². The third-order valence-electron chi connectivity index (χ3n) is 3.89. The number of nitrogens with zero attached hydrogens (tertiary/aromatic N) is 2. The van der Waals surface area contributed by atoms with Gasteiger partial charge in [0, 0.05) is 39.4 Å². The van der Waals surface area contributed by atoms with Crippen LogP contribution in [0.3, 0.4) is 0 Å². The number of nitrogens with one attached hydrogen (secondary N) is 2. The Morgan fingerprint density at radius 1 is 1.23 bits per heavy atom. The molecule has 0 spiro atoms. The van der Waals surface area contributed by atoms with E-state index in [1.807, 2.05) is 6.92 Å². The topological polar surface area (TPSA) is 75.2 Å². The highest BCUT2D eigenvalue weighted by Gasteiger charge is 2.28. The van der Waals surface area contributed by atoms with Crippen LogP contribution in [-0.2, 0) is 16.1 Å². The van der Waals surface area contributed by atoms with Crippen LogP contribution in [-0.4, -0.2) is 69.9 Å². The fraction of sp³-hybridized carbons (Fsp3) is 0.600. The Kier molecular flexibility index (Phi) is 11.0. The van der Waals surface area contributed by atoms with E-state index >= 15 is 0 Å². The predicted molar refractivity (Wildman–Crippen MR) is 110 cm³/mol. The molecule has 0 unspecified atom stereocenters. The minimum Gasteiger partial charge on any atom is -0.484 e.